The van der Waals surface area contributed by atoms with Crippen LogP contribution in [0.15, 0.2) is 64.4 Å². The Balaban J connectivity index is 1.89. The van der Waals surface area contributed by atoms with Crippen molar-refractivity contribution >= 4 is 37.4 Å². The second-order valence-corrected chi connectivity index (χ2v) is 9.77. The van der Waals surface area contributed by atoms with Crippen molar-refractivity contribution in [3.63, 3.8) is 0 Å². The van der Waals surface area contributed by atoms with Crippen LogP contribution in [0.5, 0.6) is 0 Å². The average Bonchev–Trinajstić information content (AvgIpc) is 2.72. The lowest BCUT2D eigenvalue weighted by atomic mass is 10.3. The molecule has 0 aliphatic heterocycles. The van der Waals surface area contributed by atoms with E-state index < -0.39 is 55.0 Å². The van der Waals surface area contributed by atoms with Gasteiger partial charge in [-0.15, -0.1) is 0 Å². The molecule has 31 heavy (non-hydrogen) atoms. The van der Waals surface area contributed by atoms with Gasteiger partial charge in [0.2, 0.25) is 19.9 Å². The molecule has 9 nitrogen and oxygen atoms in total. The van der Waals surface area contributed by atoms with Crippen molar-refractivity contribution in [1.29, 1.82) is 0 Å². The highest BCUT2D eigenvalue weighted by molar-refractivity contribution is 7.91. The first-order valence-electron chi connectivity index (χ1n) is 8.59. The largest absolute Gasteiger partial charge is 0.454 e. The van der Waals surface area contributed by atoms with Gasteiger partial charge in [0, 0.05) is 5.69 Å². The van der Waals surface area contributed by atoms with E-state index in [0.717, 1.165) is 24.3 Å². The number of halogens is 2. The highest BCUT2D eigenvalue weighted by Crippen LogP contribution is 2.20. The Morgan fingerprint density at radius 2 is 1.52 bits per heavy atom. The zero-order valence-electron chi connectivity index (χ0n) is 16.0. The molecule has 1 amide bonds. The van der Waals surface area contributed by atoms with Crippen molar-refractivity contribution in [3.8, 4) is 0 Å². The van der Waals surface area contributed by atoms with Crippen LogP contribution in [0.25, 0.3) is 0 Å². The molecule has 13 heteroatoms. The summed E-state index contributed by atoms with van der Waals surface area (Å²) in [5.41, 5.74) is 0.0760. The predicted octanol–water partition coefficient (Wildman–Crippen LogP) is 1.53. The third-order valence-corrected chi connectivity index (χ3v) is 6.74. The molecular weight excluding hydrogens is 458 g/mol. The molecule has 0 saturated heterocycles. The van der Waals surface area contributed by atoms with Crippen molar-refractivity contribution in [1.82, 2.24) is 4.72 Å². The van der Waals surface area contributed by atoms with Crippen LogP contribution in [-0.4, -0.2) is 47.1 Å². The molecule has 168 valence electrons. The number of sulfonamides is 1. The summed E-state index contributed by atoms with van der Waals surface area (Å²) in [6.07, 6.45) is 0. The quantitative estimate of drug-likeness (QED) is 0.524. The number of carbonyl (C=O) groups excluding carboxylic acids is 2. The lowest BCUT2D eigenvalue weighted by molar-refractivity contribution is -0.148. The van der Waals surface area contributed by atoms with E-state index in [1.807, 2.05) is 0 Å². The molecule has 0 radical (unpaired) electrons. The summed E-state index contributed by atoms with van der Waals surface area (Å²) < 4.78 is 78.9. The standard InChI is InChI=1S/C18H18F2N2O7S2/c1-12(22-31(27,28)15-5-3-2-4-6-15)17(24)29-11-16(23)21-13-7-9-14(10-8-13)30(25,26)18(19)20/h2-10,12,18,22H,11H2,1H3,(H,21,23)/t12-/m0/s1. The van der Waals surface area contributed by atoms with Crippen LogP contribution in [0.2, 0.25) is 0 Å². The lowest BCUT2D eigenvalue weighted by Crippen LogP contribution is -2.40. The molecule has 0 fully saturated rings. The fourth-order valence-corrected chi connectivity index (χ4v) is 4.17. The molecular formula is C18H18F2N2O7S2. The van der Waals surface area contributed by atoms with E-state index in [1.165, 1.54) is 31.2 Å². The van der Waals surface area contributed by atoms with Gasteiger partial charge in [-0.25, -0.2) is 16.8 Å². The number of nitrogens with one attached hydrogen (secondary N) is 2. The first kappa shape index (κ1) is 24.4. The molecule has 1 atom stereocenters. The van der Waals surface area contributed by atoms with Gasteiger partial charge in [-0.2, -0.15) is 13.5 Å². The third kappa shape index (κ3) is 6.54. The van der Waals surface area contributed by atoms with Crippen molar-refractivity contribution in [2.24, 2.45) is 0 Å². The fourth-order valence-electron chi connectivity index (χ4n) is 2.24. The number of ether oxygens (including phenoxy) is 1. The molecule has 0 spiro atoms. The molecule has 0 unspecified atom stereocenters. The maximum atomic E-state index is 12.5. The Morgan fingerprint density at radius 3 is 2.06 bits per heavy atom. The molecule has 0 heterocycles. The summed E-state index contributed by atoms with van der Waals surface area (Å²) in [6.45, 7) is 0.482. The monoisotopic (exact) mass is 476 g/mol. The summed E-state index contributed by atoms with van der Waals surface area (Å²) in [5.74, 6) is -5.39. The van der Waals surface area contributed by atoms with Crippen LogP contribution in [0.1, 0.15) is 6.92 Å². The van der Waals surface area contributed by atoms with Gasteiger partial charge in [0.25, 0.3) is 5.91 Å². The Morgan fingerprint density at radius 1 is 0.935 bits per heavy atom. The molecule has 2 rings (SSSR count). The van der Waals surface area contributed by atoms with Gasteiger partial charge in [0.1, 0.15) is 6.04 Å². The Labute approximate surface area is 177 Å². The van der Waals surface area contributed by atoms with Crippen LogP contribution in [-0.2, 0) is 34.2 Å². The number of sulfone groups is 1. The number of anilines is 1. The number of rotatable bonds is 9. The van der Waals surface area contributed by atoms with Gasteiger partial charge in [-0.05, 0) is 43.3 Å². The van der Waals surface area contributed by atoms with Crippen LogP contribution >= 0.6 is 0 Å². The third-order valence-electron chi connectivity index (χ3n) is 3.79. The molecule has 0 aliphatic rings. The van der Waals surface area contributed by atoms with E-state index in [9.17, 15) is 35.2 Å². The van der Waals surface area contributed by atoms with Crippen molar-refractivity contribution < 1.29 is 39.9 Å². The van der Waals surface area contributed by atoms with E-state index in [1.54, 1.807) is 6.07 Å². The van der Waals surface area contributed by atoms with Gasteiger partial charge < -0.3 is 10.1 Å². The van der Waals surface area contributed by atoms with Gasteiger partial charge in [-0.1, -0.05) is 18.2 Å². The SMILES string of the molecule is C[C@H](NS(=O)(=O)c1ccccc1)C(=O)OCC(=O)Nc1ccc(S(=O)(=O)C(F)F)cc1. The van der Waals surface area contributed by atoms with E-state index in [0.29, 0.717) is 0 Å². The predicted molar refractivity (Wildman–Crippen MR) is 105 cm³/mol. The highest BCUT2D eigenvalue weighted by atomic mass is 32.2. The second kappa shape index (κ2) is 9.94. The van der Waals surface area contributed by atoms with Crippen LogP contribution < -0.4 is 10.0 Å². The Hall–Kier alpha value is -2.90. The summed E-state index contributed by atoms with van der Waals surface area (Å²) in [5, 5.41) is 2.28. The summed E-state index contributed by atoms with van der Waals surface area (Å²) >= 11 is 0. The van der Waals surface area contributed by atoms with Crippen LogP contribution in [0, 0.1) is 0 Å². The fraction of sp³-hybridized carbons (Fsp3) is 0.222. The maximum Gasteiger partial charge on any atom is 0.341 e. The molecule has 0 bridgehead atoms. The number of carbonyl (C=O) groups is 2. The highest BCUT2D eigenvalue weighted by Gasteiger charge is 2.26. The van der Waals surface area contributed by atoms with E-state index >= 15 is 0 Å². The summed E-state index contributed by atoms with van der Waals surface area (Å²) in [6, 6.07) is 10.0. The molecule has 0 aliphatic carbocycles. The van der Waals surface area contributed by atoms with Crippen molar-refractivity contribution in [3.05, 3.63) is 54.6 Å². The van der Waals surface area contributed by atoms with Crippen LogP contribution in [0.4, 0.5) is 14.5 Å². The van der Waals surface area contributed by atoms with Crippen LogP contribution in [0.3, 0.4) is 0 Å². The summed E-state index contributed by atoms with van der Waals surface area (Å²) in [7, 11) is -8.73. The van der Waals surface area contributed by atoms with Gasteiger partial charge in [0.05, 0.1) is 9.79 Å². The molecule has 0 aromatic heterocycles. The number of amides is 1. The van der Waals surface area contributed by atoms with Crippen molar-refractivity contribution in [2.75, 3.05) is 11.9 Å². The normalized spacial score (nSPS) is 12.9. The lowest BCUT2D eigenvalue weighted by Gasteiger charge is -2.14. The summed E-state index contributed by atoms with van der Waals surface area (Å²) in [4.78, 5) is 23.2. The number of esters is 1. The minimum absolute atomic E-state index is 0.0512. The minimum Gasteiger partial charge on any atom is -0.454 e. The zero-order chi connectivity index (χ0) is 23.2. The topological polar surface area (TPSA) is 136 Å². The van der Waals surface area contributed by atoms with Crippen molar-refractivity contribution in [2.45, 2.75) is 28.5 Å². The number of benzene rings is 2. The molecule has 2 aromatic carbocycles. The number of hydrogen-bond donors (Lipinski definition) is 2. The first-order valence-corrected chi connectivity index (χ1v) is 11.6. The number of alkyl halides is 2. The molecule has 2 aromatic rings. The van der Waals surface area contributed by atoms with E-state index in [-0.39, 0.29) is 10.6 Å². The maximum absolute atomic E-state index is 12.5. The van der Waals surface area contributed by atoms with Gasteiger partial charge in [-0.3, -0.25) is 9.59 Å². The minimum atomic E-state index is -4.76. The van der Waals surface area contributed by atoms with E-state index in [4.69, 9.17) is 4.74 Å². The number of hydrogen-bond acceptors (Lipinski definition) is 7. The first-order chi connectivity index (χ1) is 14.4. The van der Waals surface area contributed by atoms with E-state index in [2.05, 4.69) is 10.0 Å². The second-order valence-electron chi connectivity index (χ2n) is 6.14. The smallest absolute Gasteiger partial charge is 0.341 e. The average molecular weight is 476 g/mol. The molecule has 0 saturated carbocycles. The molecule has 2 N–H and O–H groups in total. The van der Waals surface area contributed by atoms with Gasteiger partial charge in [0.15, 0.2) is 6.61 Å². The Bertz CT molecular complexity index is 1140. The Kier molecular flexibility index (Phi) is 7.81. The zero-order valence-corrected chi connectivity index (χ0v) is 17.6. The van der Waals surface area contributed by atoms with Gasteiger partial charge >= 0.3 is 11.7 Å².